The molecular weight excluding hydrogens is 232 g/mol. The van der Waals surface area contributed by atoms with Gasteiger partial charge in [0.15, 0.2) is 0 Å². The molecular formula is C13H26N2OS. The van der Waals surface area contributed by atoms with Gasteiger partial charge in [-0.25, -0.2) is 0 Å². The number of hydrogen-bond acceptors (Lipinski definition) is 3. The van der Waals surface area contributed by atoms with E-state index in [0.717, 1.165) is 38.1 Å². The molecule has 2 unspecified atom stereocenters. The first-order valence-corrected chi connectivity index (χ1v) is 7.93. The minimum absolute atomic E-state index is 0.137. The van der Waals surface area contributed by atoms with Crippen LogP contribution in [0, 0.1) is 5.41 Å². The van der Waals surface area contributed by atoms with Crippen molar-refractivity contribution in [2.24, 2.45) is 5.41 Å². The first-order valence-electron chi connectivity index (χ1n) is 6.54. The van der Waals surface area contributed by atoms with Gasteiger partial charge in [-0.15, -0.1) is 0 Å². The van der Waals surface area contributed by atoms with E-state index in [4.69, 9.17) is 0 Å². The van der Waals surface area contributed by atoms with Crippen LogP contribution in [0.5, 0.6) is 0 Å². The van der Waals surface area contributed by atoms with Crippen LogP contribution in [0.2, 0.25) is 0 Å². The Morgan fingerprint density at radius 3 is 2.76 bits per heavy atom. The van der Waals surface area contributed by atoms with Crippen LogP contribution in [0.4, 0.5) is 0 Å². The highest BCUT2D eigenvalue weighted by atomic mass is 32.2. The van der Waals surface area contributed by atoms with Gasteiger partial charge in [0.25, 0.3) is 0 Å². The van der Waals surface area contributed by atoms with Gasteiger partial charge in [0.05, 0.1) is 5.41 Å². The molecule has 1 aliphatic heterocycles. The van der Waals surface area contributed by atoms with E-state index in [0.29, 0.717) is 11.9 Å². The van der Waals surface area contributed by atoms with E-state index in [9.17, 15) is 4.79 Å². The first kappa shape index (κ1) is 14.8. The Balaban J connectivity index is 2.61. The van der Waals surface area contributed by atoms with Gasteiger partial charge in [-0.3, -0.25) is 4.79 Å². The molecule has 0 spiro atoms. The third-order valence-corrected chi connectivity index (χ3v) is 4.74. The van der Waals surface area contributed by atoms with E-state index >= 15 is 0 Å². The SMILES string of the molecule is CCC1(C(=O)N(C)C(C)CCSC)CCNC1. The third kappa shape index (κ3) is 3.38. The summed E-state index contributed by atoms with van der Waals surface area (Å²) in [5.41, 5.74) is -0.137. The van der Waals surface area contributed by atoms with Gasteiger partial charge in [0.2, 0.25) is 5.91 Å². The molecule has 3 nitrogen and oxygen atoms in total. The Kier molecular flexibility index (Phi) is 5.80. The zero-order valence-corrected chi connectivity index (χ0v) is 12.4. The first-order chi connectivity index (χ1) is 8.07. The van der Waals surface area contributed by atoms with Gasteiger partial charge in [-0.1, -0.05) is 6.92 Å². The Bertz CT molecular complexity index is 252. The highest BCUT2D eigenvalue weighted by molar-refractivity contribution is 7.98. The average Bonchev–Trinajstić information content (AvgIpc) is 2.83. The topological polar surface area (TPSA) is 32.3 Å². The van der Waals surface area contributed by atoms with Crippen molar-refractivity contribution in [2.75, 3.05) is 32.1 Å². The lowest BCUT2D eigenvalue weighted by molar-refractivity contribution is -0.141. The second-order valence-corrected chi connectivity index (χ2v) is 6.09. The standard InChI is InChI=1S/C13H26N2OS/c1-5-13(7-8-14-10-13)12(16)15(3)11(2)6-9-17-4/h11,14H,5-10H2,1-4H3. The fraction of sp³-hybridized carbons (Fsp3) is 0.923. The lowest BCUT2D eigenvalue weighted by Gasteiger charge is -2.34. The van der Waals surface area contributed by atoms with Gasteiger partial charge in [0, 0.05) is 19.6 Å². The van der Waals surface area contributed by atoms with Gasteiger partial charge < -0.3 is 10.2 Å². The molecule has 1 heterocycles. The van der Waals surface area contributed by atoms with Crippen molar-refractivity contribution < 1.29 is 4.79 Å². The minimum Gasteiger partial charge on any atom is -0.343 e. The molecule has 4 heteroatoms. The predicted octanol–water partition coefficient (Wildman–Crippen LogP) is 1.98. The number of carbonyl (C=O) groups excluding carboxylic acids is 1. The van der Waals surface area contributed by atoms with E-state index in [1.165, 1.54) is 0 Å². The van der Waals surface area contributed by atoms with Crippen molar-refractivity contribution in [1.29, 1.82) is 0 Å². The summed E-state index contributed by atoms with van der Waals surface area (Å²) < 4.78 is 0. The molecule has 17 heavy (non-hydrogen) atoms. The summed E-state index contributed by atoms with van der Waals surface area (Å²) in [6.07, 6.45) is 5.12. The van der Waals surface area contributed by atoms with Crippen LogP contribution >= 0.6 is 11.8 Å². The maximum atomic E-state index is 12.6. The Morgan fingerprint density at radius 2 is 2.29 bits per heavy atom. The second-order valence-electron chi connectivity index (χ2n) is 5.11. The zero-order chi connectivity index (χ0) is 12.9. The van der Waals surface area contributed by atoms with Gasteiger partial charge in [0.1, 0.15) is 0 Å². The lowest BCUT2D eigenvalue weighted by atomic mass is 9.82. The summed E-state index contributed by atoms with van der Waals surface area (Å²) in [7, 11) is 1.96. The van der Waals surface area contributed by atoms with Crippen LogP contribution < -0.4 is 5.32 Å². The second kappa shape index (κ2) is 6.64. The number of rotatable bonds is 6. The van der Waals surface area contributed by atoms with Crippen molar-refractivity contribution in [1.82, 2.24) is 10.2 Å². The molecule has 1 fully saturated rings. The van der Waals surface area contributed by atoms with Crippen molar-refractivity contribution in [3.8, 4) is 0 Å². The summed E-state index contributed by atoms with van der Waals surface area (Å²) in [4.78, 5) is 14.5. The van der Waals surface area contributed by atoms with Gasteiger partial charge in [-0.2, -0.15) is 11.8 Å². The molecule has 0 aromatic carbocycles. The molecule has 0 bridgehead atoms. The minimum atomic E-state index is -0.137. The molecule has 100 valence electrons. The number of nitrogens with one attached hydrogen (secondary N) is 1. The van der Waals surface area contributed by atoms with Crippen LogP contribution in [-0.2, 0) is 4.79 Å². The average molecular weight is 258 g/mol. The monoisotopic (exact) mass is 258 g/mol. The molecule has 0 aliphatic carbocycles. The van der Waals surface area contributed by atoms with E-state index < -0.39 is 0 Å². The van der Waals surface area contributed by atoms with Crippen molar-refractivity contribution in [3.63, 3.8) is 0 Å². The van der Waals surface area contributed by atoms with Crippen molar-refractivity contribution in [3.05, 3.63) is 0 Å². The van der Waals surface area contributed by atoms with Gasteiger partial charge in [-0.05, 0) is 44.7 Å². The molecule has 0 aromatic rings. The Labute approximate surface area is 110 Å². The van der Waals surface area contributed by atoms with E-state index in [1.807, 2.05) is 23.7 Å². The number of nitrogens with zero attached hydrogens (tertiary/aromatic N) is 1. The van der Waals surface area contributed by atoms with Crippen molar-refractivity contribution >= 4 is 17.7 Å². The molecule has 1 saturated heterocycles. The summed E-state index contributed by atoms with van der Waals surface area (Å²) in [6, 6.07) is 0.346. The smallest absolute Gasteiger partial charge is 0.230 e. The highest BCUT2D eigenvalue weighted by Gasteiger charge is 2.41. The lowest BCUT2D eigenvalue weighted by Crippen LogP contribution is -2.46. The van der Waals surface area contributed by atoms with E-state index in [-0.39, 0.29) is 5.41 Å². The zero-order valence-electron chi connectivity index (χ0n) is 11.6. The molecule has 0 saturated carbocycles. The molecule has 2 atom stereocenters. The summed E-state index contributed by atoms with van der Waals surface area (Å²) in [5, 5.41) is 3.33. The molecule has 0 radical (unpaired) electrons. The quantitative estimate of drug-likeness (QED) is 0.790. The molecule has 1 rings (SSSR count). The summed E-state index contributed by atoms with van der Waals surface area (Å²) >= 11 is 1.85. The maximum absolute atomic E-state index is 12.6. The number of thioether (sulfide) groups is 1. The van der Waals surface area contributed by atoms with Crippen LogP contribution in [0.25, 0.3) is 0 Å². The number of carbonyl (C=O) groups is 1. The fourth-order valence-electron chi connectivity index (χ4n) is 2.44. The summed E-state index contributed by atoms with van der Waals surface area (Å²) in [5.74, 6) is 1.45. The predicted molar refractivity (Wildman–Crippen MR) is 75.4 cm³/mol. The number of amides is 1. The Hall–Kier alpha value is -0.220. The van der Waals surface area contributed by atoms with Gasteiger partial charge >= 0.3 is 0 Å². The van der Waals surface area contributed by atoms with E-state index in [2.05, 4.69) is 25.4 Å². The normalized spacial score (nSPS) is 25.9. The van der Waals surface area contributed by atoms with Crippen LogP contribution in [0.3, 0.4) is 0 Å². The third-order valence-electron chi connectivity index (χ3n) is 4.10. The molecule has 0 aromatic heterocycles. The van der Waals surface area contributed by atoms with Crippen molar-refractivity contribution in [2.45, 2.75) is 39.2 Å². The largest absolute Gasteiger partial charge is 0.343 e. The molecule has 1 amide bonds. The summed E-state index contributed by atoms with van der Waals surface area (Å²) in [6.45, 7) is 6.11. The highest BCUT2D eigenvalue weighted by Crippen LogP contribution is 2.32. The van der Waals surface area contributed by atoms with Crippen LogP contribution in [0.1, 0.15) is 33.1 Å². The number of hydrogen-bond donors (Lipinski definition) is 1. The fourth-order valence-corrected chi connectivity index (χ4v) is 3.01. The Morgan fingerprint density at radius 1 is 1.59 bits per heavy atom. The van der Waals surface area contributed by atoms with E-state index in [1.54, 1.807) is 0 Å². The maximum Gasteiger partial charge on any atom is 0.230 e. The molecule has 1 N–H and O–H groups in total. The molecule has 1 aliphatic rings. The van der Waals surface area contributed by atoms with Crippen LogP contribution in [0.15, 0.2) is 0 Å². The van der Waals surface area contributed by atoms with Crippen LogP contribution in [-0.4, -0.2) is 49.0 Å².